The average molecular weight is 317 g/mol. The molecule has 1 aromatic heterocycles. The van der Waals surface area contributed by atoms with Crippen LogP contribution in [-0.4, -0.2) is 27.5 Å². The minimum atomic E-state index is -0.628. The van der Waals surface area contributed by atoms with Crippen LogP contribution in [0.5, 0.6) is 0 Å². The summed E-state index contributed by atoms with van der Waals surface area (Å²) in [5, 5.41) is 9.97. The van der Waals surface area contributed by atoms with Crippen molar-refractivity contribution >= 4 is 29.1 Å². The smallest absolute Gasteiger partial charge is 0.276 e. The van der Waals surface area contributed by atoms with Gasteiger partial charge in [-0.1, -0.05) is 23.7 Å². The molecule has 2 amide bonds. The Morgan fingerprint density at radius 1 is 1.27 bits per heavy atom. The first-order valence-electron chi connectivity index (χ1n) is 6.42. The molecule has 2 rings (SSSR count). The molecule has 0 saturated heterocycles. The summed E-state index contributed by atoms with van der Waals surface area (Å²) in [5.41, 5.74) is 1.51. The number of benzene rings is 1. The lowest BCUT2D eigenvalue weighted by Gasteiger charge is -2.05. The lowest BCUT2D eigenvalue weighted by molar-refractivity contribution is -0.118. The van der Waals surface area contributed by atoms with Gasteiger partial charge in [-0.15, -0.1) is 0 Å². The first-order chi connectivity index (χ1) is 10.5. The van der Waals surface area contributed by atoms with Crippen LogP contribution in [0.25, 0.3) is 11.3 Å². The Labute approximate surface area is 132 Å². The number of amides is 2. The van der Waals surface area contributed by atoms with Crippen LogP contribution < -0.4 is 5.32 Å². The number of nitrogens with zero attached hydrogens (tertiary/aromatic N) is 2. The van der Waals surface area contributed by atoms with Gasteiger partial charge in [0.25, 0.3) is 5.91 Å². The van der Waals surface area contributed by atoms with Crippen LogP contribution in [0.2, 0.25) is 5.02 Å². The highest BCUT2D eigenvalue weighted by Gasteiger charge is 2.13. The number of rotatable bonds is 4. The fourth-order valence-corrected chi connectivity index (χ4v) is 1.95. The van der Waals surface area contributed by atoms with Crippen molar-refractivity contribution in [2.45, 2.75) is 13.3 Å². The van der Waals surface area contributed by atoms with E-state index in [0.29, 0.717) is 10.7 Å². The van der Waals surface area contributed by atoms with Crippen LogP contribution in [0.1, 0.15) is 23.8 Å². The van der Waals surface area contributed by atoms with Crippen molar-refractivity contribution in [2.75, 3.05) is 0 Å². The maximum Gasteiger partial charge on any atom is 0.276 e. The first kappa shape index (κ1) is 15.8. The summed E-state index contributed by atoms with van der Waals surface area (Å²) >= 11 is 5.93. The van der Waals surface area contributed by atoms with Crippen molar-refractivity contribution in [2.24, 2.45) is 0 Å². The maximum atomic E-state index is 12.0. The molecule has 22 heavy (non-hydrogen) atoms. The second kappa shape index (κ2) is 6.91. The van der Waals surface area contributed by atoms with Gasteiger partial charge in [-0.25, -0.2) is 9.97 Å². The van der Waals surface area contributed by atoms with Crippen LogP contribution in [0, 0.1) is 5.41 Å². The van der Waals surface area contributed by atoms with Crippen molar-refractivity contribution in [3.8, 4) is 11.3 Å². The maximum absolute atomic E-state index is 12.0. The monoisotopic (exact) mass is 316 g/mol. The summed E-state index contributed by atoms with van der Waals surface area (Å²) in [5.74, 6) is -1.17. The van der Waals surface area contributed by atoms with Gasteiger partial charge in [0.05, 0.1) is 12.1 Å². The zero-order chi connectivity index (χ0) is 16.1. The third kappa shape index (κ3) is 4.20. The molecule has 0 saturated carbocycles. The number of imide groups is 1. The molecule has 0 spiro atoms. The van der Waals surface area contributed by atoms with Gasteiger partial charge in [-0.2, -0.15) is 0 Å². The van der Waals surface area contributed by atoms with Gasteiger partial charge in [0.2, 0.25) is 5.91 Å². The zero-order valence-corrected chi connectivity index (χ0v) is 12.5. The van der Waals surface area contributed by atoms with Crippen LogP contribution >= 0.6 is 11.6 Å². The molecule has 0 radical (unpaired) electrons. The molecule has 0 bridgehead atoms. The molecule has 0 aliphatic rings. The van der Waals surface area contributed by atoms with E-state index in [9.17, 15) is 9.59 Å². The number of aromatic nitrogens is 2. The molecule has 6 nitrogen and oxygen atoms in total. The molecule has 112 valence electrons. The van der Waals surface area contributed by atoms with E-state index < -0.39 is 11.8 Å². The summed E-state index contributed by atoms with van der Waals surface area (Å²) in [6.07, 6.45) is 1.12. The van der Waals surface area contributed by atoms with E-state index in [0.717, 1.165) is 5.56 Å². The van der Waals surface area contributed by atoms with Crippen LogP contribution in [-0.2, 0) is 4.79 Å². The number of carbonyl (C=O) groups is 2. The van der Waals surface area contributed by atoms with Crippen molar-refractivity contribution in [1.82, 2.24) is 15.3 Å². The van der Waals surface area contributed by atoms with E-state index in [-0.39, 0.29) is 17.8 Å². The predicted octanol–water partition coefficient (Wildman–Crippen LogP) is 2.48. The lowest BCUT2D eigenvalue weighted by Crippen LogP contribution is -2.32. The molecular formula is C15H13ClN4O2. The van der Waals surface area contributed by atoms with Gasteiger partial charge >= 0.3 is 0 Å². The Balaban J connectivity index is 2.19. The fraction of sp³-hybridized carbons (Fsp3) is 0.133. The van der Waals surface area contributed by atoms with Gasteiger partial charge in [-0.05, 0) is 25.1 Å². The Kier molecular flexibility index (Phi) is 4.95. The van der Waals surface area contributed by atoms with E-state index in [4.69, 9.17) is 17.0 Å². The normalized spacial score (nSPS) is 10.1. The average Bonchev–Trinajstić information content (AvgIpc) is 2.46. The Morgan fingerprint density at radius 2 is 2.05 bits per heavy atom. The van der Waals surface area contributed by atoms with Gasteiger partial charge in [0, 0.05) is 16.3 Å². The summed E-state index contributed by atoms with van der Waals surface area (Å²) in [6, 6.07) is 8.51. The molecular weight excluding hydrogens is 304 g/mol. The van der Waals surface area contributed by atoms with Crippen molar-refractivity contribution in [3.05, 3.63) is 47.4 Å². The minimum Gasteiger partial charge on any atom is -0.309 e. The Morgan fingerprint density at radius 3 is 2.73 bits per heavy atom. The third-order valence-electron chi connectivity index (χ3n) is 2.70. The third-order valence-corrected chi connectivity index (χ3v) is 2.93. The van der Waals surface area contributed by atoms with Gasteiger partial charge in [0.15, 0.2) is 0 Å². The predicted molar refractivity (Wildman–Crippen MR) is 83.0 cm³/mol. The fourth-order valence-electron chi connectivity index (χ4n) is 1.76. The standard InChI is InChI=1S/C15H13ClN4O2/c1-9(17)5-14(21)20-15(22)13-7-12(18-8-19-13)10-3-2-4-11(16)6-10/h2-4,6-8,17H,5H2,1H3,(H,20,21,22). The quantitative estimate of drug-likeness (QED) is 0.847. The molecule has 1 heterocycles. The molecule has 0 aliphatic heterocycles. The second-order valence-corrected chi connectivity index (χ2v) is 5.07. The summed E-state index contributed by atoms with van der Waals surface area (Å²) < 4.78 is 0. The summed E-state index contributed by atoms with van der Waals surface area (Å²) in [4.78, 5) is 31.4. The number of halogens is 1. The second-order valence-electron chi connectivity index (χ2n) is 4.63. The molecule has 0 atom stereocenters. The number of carbonyl (C=O) groups excluding carboxylic acids is 2. The van der Waals surface area contributed by atoms with Gasteiger partial charge in [0.1, 0.15) is 12.0 Å². The Bertz CT molecular complexity index is 746. The number of nitrogens with one attached hydrogen (secondary N) is 2. The SMILES string of the molecule is CC(=N)CC(=O)NC(=O)c1cc(-c2cccc(Cl)c2)ncn1. The van der Waals surface area contributed by atoms with Gasteiger partial charge in [-0.3, -0.25) is 14.9 Å². The zero-order valence-electron chi connectivity index (χ0n) is 11.8. The molecule has 0 aliphatic carbocycles. The largest absolute Gasteiger partial charge is 0.309 e. The van der Waals surface area contributed by atoms with Gasteiger partial charge < -0.3 is 5.41 Å². The van der Waals surface area contributed by atoms with Crippen LogP contribution in [0.4, 0.5) is 0 Å². The summed E-state index contributed by atoms with van der Waals surface area (Å²) in [7, 11) is 0. The molecule has 7 heteroatoms. The Hall–Kier alpha value is -2.60. The highest BCUT2D eigenvalue weighted by Crippen LogP contribution is 2.20. The molecule has 2 aromatic rings. The van der Waals surface area contributed by atoms with Crippen molar-refractivity contribution < 1.29 is 9.59 Å². The van der Waals surface area contributed by atoms with E-state index >= 15 is 0 Å². The van der Waals surface area contributed by atoms with E-state index in [1.165, 1.54) is 19.3 Å². The highest BCUT2D eigenvalue weighted by atomic mass is 35.5. The highest BCUT2D eigenvalue weighted by molar-refractivity contribution is 6.30. The molecule has 2 N–H and O–H groups in total. The number of hydrogen-bond acceptors (Lipinski definition) is 5. The van der Waals surface area contributed by atoms with Crippen molar-refractivity contribution in [3.63, 3.8) is 0 Å². The first-order valence-corrected chi connectivity index (χ1v) is 6.79. The molecule has 0 unspecified atom stereocenters. The molecule has 0 fully saturated rings. The lowest BCUT2D eigenvalue weighted by atomic mass is 10.1. The molecule has 1 aromatic carbocycles. The van der Waals surface area contributed by atoms with E-state index in [1.54, 1.807) is 24.3 Å². The van der Waals surface area contributed by atoms with Crippen molar-refractivity contribution in [1.29, 1.82) is 5.41 Å². The van der Waals surface area contributed by atoms with E-state index in [1.807, 2.05) is 0 Å². The van der Waals surface area contributed by atoms with E-state index in [2.05, 4.69) is 15.3 Å². The minimum absolute atomic E-state index is 0.0703. The topological polar surface area (TPSA) is 95.8 Å². The summed E-state index contributed by atoms with van der Waals surface area (Å²) in [6.45, 7) is 1.49. The number of hydrogen-bond donors (Lipinski definition) is 2. The van der Waals surface area contributed by atoms with Crippen LogP contribution in [0.3, 0.4) is 0 Å². The van der Waals surface area contributed by atoms with Crippen LogP contribution in [0.15, 0.2) is 36.7 Å².